The molecular weight excluding hydrogens is 365 g/mol. The van der Waals surface area contributed by atoms with Gasteiger partial charge in [0.05, 0.1) is 15.8 Å². The predicted octanol–water partition coefficient (Wildman–Crippen LogP) is 3.80. The monoisotopic (exact) mass is 385 g/mol. The van der Waals surface area contributed by atoms with Crippen LogP contribution < -0.4 is 9.64 Å². The lowest BCUT2D eigenvalue weighted by molar-refractivity contribution is 0.0734. The van der Waals surface area contributed by atoms with Gasteiger partial charge in [0.2, 0.25) is 0 Å². The van der Waals surface area contributed by atoms with Gasteiger partial charge < -0.3 is 14.5 Å². The van der Waals surface area contributed by atoms with Gasteiger partial charge in [-0.25, -0.2) is 14.2 Å². The lowest BCUT2D eigenvalue weighted by atomic mass is 10.2. The van der Waals surface area contributed by atoms with Crippen LogP contribution in [0.15, 0.2) is 42.5 Å². The van der Waals surface area contributed by atoms with E-state index in [4.69, 9.17) is 9.72 Å². The van der Waals surface area contributed by atoms with E-state index in [1.54, 1.807) is 17.4 Å². The molecule has 2 aromatic carbocycles. The van der Waals surface area contributed by atoms with Crippen LogP contribution in [-0.4, -0.2) is 48.6 Å². The minimum atomic E-state index is -0.575. The standard InChI is InChI=1S/C20H20FN3O2S/c1-2-23-8-10-24(11-9-23)20-22-17-7-6-16(13-18(17)27-20)26-19(25)14-4-3-5-15(21)12-14/h3-7,12-13H,2,8-11H2,1H3. The number of ether oxygens (including phenoxy) is 1. The third-order valence-electron chi connectivity index (χ3n) is 4.71. The van der Waals surface area contributed by atoms with Crippen molar-refractivity contribution in [3.05, 3.63) is 53.8 Å². The highest BCUT2D eigenvalue weighted by Crippen LogP contribution is 2.32. The molecule has 0 radical (unpaired) electrons. The van der Waals surface area contributed by atoms with Crippen molar-refractivity contribution < 1.29 is 13.9 Å². The molecule has 0 saturated carbocycles. The first-order chi connectivity index (χ1) is 13.1. The molecule has 0 bridgehead atoms. The van der Waals surface area contributed by atoms with Crippen molar-refractivity contribution >= 4 is 32.7 Å². The van der Waals surface area contributed by atoms with Crippen LogP contribution in [0, 0.1) is 5.82 Å². The van der Waals surface area contributed by atoms with Crippen LogP contribution in [0.2, 0.25) is 0 Å². The van der Waals surface area contributed by atoms with E-state index in [1.165, 1.54) is 24.3 Å². The third-order valence-corrected chi connectivity index (χ3v) is 5.79. The average molecular weight is 385 g/mol. The number of anilines is 1. The Hall–Kier alpha value is -2.51. The third kappa shape index (κ3) is 3.94. The fraction of sp³-hybridized carbons (Fsp3) is 0.300. The Bertz CT molecular complexity index is 967. The summed E-state index contributed by atoms with van der Waals surface area (Å²) in [5.41, 5.74) is 1.08. The first-order valence-electron chi connectivity index (χ1n) is 8.98. The molecule has 0 unspecified atom stereocenters. The summed E-state index contributed by atoms with van der Waals surface area (Å²) in [4.78, 5) is 21.6. The molecule has 1 fully saturated rings. The number of piperazine rings is 1. The summed E-state index contributed by atoms with van der Waals surface area (Å²) < 4.78 is 19.6. The number of rotatable bonds is 4. The number of esters is 1. The van der Waals surface area contributed by atoms with Gasteiger partial charge in [0.15, 0.2) is 5.13 Å². The Labute approximate surface area is 161 Å². The smallest absolute Gasteiger partial charge is 0.343 e. The van der Waals surface area contributed by atoms with Gasteiger partial charge in [0.1, 0.15) is 11.6 Å². The first kappa shape index (κ1) is 17.9. The number of hydrogen-bond donors (Lipinski definition) is 0. The van der Waals surface area contributed by atoms with E-state index in [0.717, 1.165) is 48.1 Å². The number of aromatic nitrogens is 1. The maximum absolute atomic E-state index is 13.3. The highest BCUT2D eigenvalue weighted by atomic mass is 32.1. The minimum absolute atomic E-state index is 0.189. The highest BCUT2D eigenvalue weighted by molar-refractivity contribution is 7.22. The van der Waals surface area contributed by atoms with Gasteiger partial charge in [-0.2, -0.15) is 0 Å². The second-order valence-electron chi connectivity index (χ2n) is 6.45. The number of halogens is 1. The number of carbonyl (C=O) groups is 1. The van der Waals surface area contributed by atoms with Gasteiger partial charge in [-0.15, -0.1) is 0 Å². The van der Waals surface area contributed by atoms with E-state index in [-0.39, 0.29) is 5.56 Å². The molecule has 1 saturated heterocycles. The minimum Gasteiger partial charge on any atom is -0.423 e. The van der Waals surface area contributed by atoms with E-state index >= 15 is 0 Å². The number of hydrogen-bond acceptors (Lipinski definition) is 6. The van der Waals surface area contributed by atoms with E-state index in [0.29, 0.717) is 5.75 Å². The maximum Gasteiger partial charge on any atom is 0.343 e. The number of fused-ring (bicyclic) bond motifs is 1. The first-order valence-corrected chi connectivity index (χ1v) is 9.79. The molecule has 2 heterocycles. The Morgan fingerprint density at radius 1 is 1.19 bits per heavy atom. The Morgan fingerprint density at radius 3 is 2.74 bits per heavy atom. The van der Waals surface area contributed by atoms with Gasteiger partial charge in [-0.1, -0.05) is 24.3 Å². The fourth-order valence-electron chi connectivity index (χ4n) is 3.13. The lowest BCUT2D eigenvalue weighted by Crippen LogP contribution is -2.46. The largest absolute Gasteiger partial charge is 0.423 e. The van der Waals surface area contributed by atoms with Crippen molar-refractivity contribution in [1.29, 1.82) is 0 Å². The molecule has 4 rings (SSSR count). The van der Waals surface area contributed by atoms with E-state index < -0.39 is 11.8 Å². The van der Waals surface area contributed by atoms with E-state index in [9.17, 15) is 9.18 Å². The molecule has 0 atom stereocenters. The molecular formula is C20H20FN3O2S. The number of carbonyl (C=O) groups excluding carboxylic acids is 1. The summed E-state index contributed by atoms with van der Waals surface area (Å²) in [6.07, 6.45) is 0. The average Bonchev–Trinajstić information content (AvgIpc) is 3.11. The quantitative estimate of drug-likeness (QED) is 0.505. The number of likely N-dealkylation sites (N-methyl/N-ethyl adjacent to an activating group) is 1. The summed E-state index contributed by atoms with van der Waals surface area (Å²) in [6.45, 7) is 7.28. The van der Waals surface area contributed by atoms with Crippen LogP contribution in [0.5, 0.6) is 5.75 Å². The van der Waals surface area contributed by atoms with Crippen LogP contribution >= 0.6 is 11.3 Å². The van der Waals surface area contributed by atoms with Gasteiger partial charge in [-0.05, 0) is 36.9 Å². The number of nitrogens with zero attached hydrogens (tertiary/aromatic N) is 3. The number of benzene rings is 2. The lowest BCUT2D eigenvalue weighted by Gasteiger charge is -2.33. The molecule has 0 N–H and O–H groups in total. The topological polar surface area (TPSA) is 45.7 Å². The van der Waals surface area contributed by atoms with Crippen LogP contribution in [0.3, 0.4) is 0 Å². The molecule has 7 heteroatoms. The predicted molar refractivity (Wildman–Crippen MR) is 105 cm³/mol. The van der Waals surface area contributed by atoms with Gasteiger partial charge >= 0.3 is 5.97 Å². The summed E-state index contributed by atoms with van der Waals surface area (Å²) in [5.74, 6) is -0.604. The van der Waals surface area contributed by atoms with Crippen molar-refractivity contribution in [2.24, 2.45) is 0 Å². The molecule has 1 aliphatic rings. The van der Waals surface area contributed by atoms with Crippen molar-refractivity contribution in [2.75, 3.05) is 37.6 Å². The Kier molecular flexibility index (Phi) is 5.05. The zero-order valence-corrected chi connectivity index (χ0v) is 15.8. The second-order valence-corrected chi connectivity index (χ2v) is 7.46. The Morgan fingerprint density at radius 2 is 2.00 bits per heavy atom. The summed E-state index contributed by atoms with van der Waals surface area (Å²) >= 11 is 1.60. The molecule has 0 spiro atoms. The SMILES string of the molecule is CCN1CCN(c2nc3ccc(OC(=O)c4cccc(F)c4)cc3s2)CC1. The summed E-state index contributed by atoms with van der Waals surface area (Å²) in [5, 5.41) is 0.995. The zero-order valence-electron chi connectivity index (χ0n) is 15.0. The molecule has 27 heavy (non-hydrogen) atoms. The molecule has 0 aliphatic carbocycles. The summed E-state index contributed by atoms with van der Waals surface area (Å²) in [6, 6.07) is 10.9. The van der Waals surface area contributed by atoms with Gasteiger partial charge in [-0.3, -0.25) is 0 Å². The zero-order chi connectivity index (χ0) is 18.8. The molecule has 5 nitrogen and oxygen atoms in total. The van der Waals surface area contributed by atoms with Crippen LogP contribution in [-0.2, 0) is 0 Å². The molecule has 3 aromatic rings. The number of thiazole rings is 1. The van der Waals surface area contributed by atoms with Crippen LogP contribution in [0.4, 0.5) is 9.52 Å². The maximum atomic E-state index is 13.3. The van der Waals surface area contributed by atoms with Gasteiger partial charge in [0, 0.05) is 32.2 Å². The van der Waals surface area contributed by atoms with Crippen LogP contribution in [0.1, 0.15) is 17.3 Å². The van der Waals surface area contributed by atoms with Crippen molar-refractivity contribution in [2.45, 2.75) is 6.92 Å². The molecule has 140 valence electrons. The highest BCUT2D eigenvalue weighted by Gasteiger charge is 2.19. The van der Waals surface area contributed by atoms with Crippen molar-refractivity contribution in [3.63, 3.8) is 0 Å². The Balaban J connectivity index is 1.50. The van der Waals surface area contributed by atoms with Gasteiger partial charge in [0.25, 0.3) is 0 Å². The van der Waals surface area contributed by atoms with E-state index in [2.05, 4.69) is 16.7 Å². The summed E-state index contributed by atoms with van der Waals surface area (Å²) in [7, 11) is 0. The molecule has 1 aliphatic heterocycles. The second kappa shape index (κ2) is 7.62. The van der Waals surface area contributed by atoms with E-state index in [1.807, 2.05) is 12.1 Å². The van der Waals surface area contributed by atoms with Crippen molar-refractivity contribution in [1.82, 2.24) is 9.88 Å². The fourth-order valence-corrected chi connectivity index (χ4v) is 4.17. The van der Waals surface area contributed by atoms with Crippen LogP contribution in [0.25, 0.3) is 10.2 Å². The normalized spacial score (nSPS) is 15.3. The molecule has 1 aromatic heterocycles. The van der Waals surface area contributed by atoms with Crippen molar-refractivity contribution in [3.8, 4) is 5.75 Å². The molecule has 0 amide bonds.